The molecule has 0 radical (unpaired) electrons. The molecule has 4 heteroatoms. The molecule has 19 heavy (non-hydrogen) atoms. The number of aryl methyl sites for hydroxylation is 1. The molecule has 1 heterocycles. The van der Waals surface area contributed by atoms with E-state index in [9.17, 15) is 4.39 Å². The summed E-state index contributed by atoms with van der Waals surface area (Å²) in [7, 11) is 0. The highest BCUT2D eigenvalue weighted by Gasteiger charge is 2.21. The van der Waals surface area contributed by atoms with Crippen LogP contribution < -0.4 is 5.32 Å². The molecule has 100 valence electrons. The molecule has 2 aromatic rings. The standard InChI is InChI=1S/C15H18FN3/c1-2-15-17-8-9-19(15)14-5-3-4-13(16)12(14)10-18-11-6-7-11/h3-5,8-9,11,18H,2,6-7,10H2,1H3. The third-order valence-corrected chi connectivity index (χ3v) is 3.53. The molecule has 1 aliphatic rings. The van der Waals surface area contributed by atoms with Crippen LogP contribution in [0.25, 0.3) is 5.69 Å². The highest BCUT2D eigenvalue weighted by atomic mass is 19.1. The maximum Gasteiger partial charge on any atom is 0.129 e. The van der Waals surface area contributed by atoms with Gasteiger partial charge < -0.3 is 9.88 Å². The van der Waals surface area contributed by atoms with E-state index in [2.05, 4.69) is 17.2 Å². The average Bonchev–Trinajstić information content (AvgIpc) is 3.12. The van der Waals surface area contributed by atoms with E-state index in [1.54, 1.807) is 12.3 Å². The molecule has 0 atom stereocenters. The summed E-state index contributed by atoms with van der Waals surface area (Å²) in [5.74, 6) is 0.805. The number of rotatable bonds is 5. The van der Waals surface area contributed by atoms with Crippen molar-refractivity contribution in [3.8, 4) is 5.69 Å². The topological polar surface area (TPSA) is 29.9 Å². The second kappa shape index (κ2) is 5.13. The first-order chi connectivity index (χ1) is 9.29. The van der Waals surface area contributed by atoms with E-state index >= 15 is 0 Å². The lowest BCUT2D eigenvalue weighted by molar-refractivity contribution is 0.584. The predicted octanol–water partition coefficient (Wildman–Crippen LogP) is 2.83. The van der Waals surface area contributed by atoms with E-state index in [4.69, 9.17) is 0 Å². The molecule has 1 fully saturated rings. The van der Waals surface area contributed by atoms with E-state index in [0.717, 1.165) is 23.5 Å². The second-order valence-corrected chi connectivity index (χ2v) is 4.96. The number of imidazole rings is 1. The van der Waals surface area contributed by atoms with Crippen LogP contribution in [0, 0.1) is 5.82 Å². The van der Waals surface area contributed by atoms with Crippen LogP contribution in [0.15, 0.2) is 30.6 Å². The Hall–Kier alpha value is -1.68. The SMILES string of the molecule is CCc1nccn1-c1cccc(F)c1CNC1CC1. The minimum absolute atomic E-state index is 0.151. The van der Waals surface area contributed by atoms with Crippen molar-refractivity contribution in [3.63, 3.8) is 0 Å². The summed E-state index contributed by atoms with van der Waals surface area (Å²) in [6.07, 6.45) is 6.90. The predicted molar refractivity (Wildman–Crippen MR) is 72.8 cm³/mol. The van der Waals surface area contributed by atoms with E-state index in [1.165, 1.54) is 18.9 Å². The lowest BCUT2D eigenvalue weighted by atomic mass is 10.1. The first-order valence-corrected chi connectivity index (χ1v) is 6.83. The molecule has 0 bridgehead atoms. The van der Waals surface area contributed by atoms with Gasteiger partial charge in [-0.25, -0.2) is 9.37 Å². The molecular weight excluding hydrogens is 241 g/mol. The highest BCUT2D eigenvalue weighted by Crippen LogP contribution is 2.23. The third-order valence-electron chi connectivity index (χ3n) is 3.53. The van der Waals surface area contributed by atoms with Crippen LogP contribution in [0.4, 0.5) is 4.39 Å². The zero-order valence-electron chi connectivity index (χ0n) is 11.1. The Balaban J connectivity index is 1.97. The normalized spacial score (nSPS) is 14.8. The fourth-order valence-electron chi connectivity index (χ4n) is 2.30. The van der Waals surface area contributed by atoms with Crippen molar-refractivity contribution < 1.29 is 4.39 Å². The molecular formula is C15H18FN3. The fraction of sp³-hybridized carbons (Fsp3) is 0.400. The van der Waals surface area contributed by atoms with Gasteiger partial charge in [0.1, 0.15) is 11.6 Å². The van der Waals surface area contributed by atoms with E-state index in [-0.39, 0.29) is 5.82 Å². The molecule has 0 saturated heterocycles. The van der Waals surface area contributed by atoms with Gasteiger partial charge in [0, 0.05) is 37.0 Å². The van der Waals surface area contributed by atoms with Crippen LogP contribution in [0.5, 0.6) is 0 Å². The van der Waals surface area contributed by atoms with Gasteiger partial charge in [0.25, 0.3) is 0 Å². The number of hydrogen-bond donors (Lipinski definition) is 1. The summed E-state index contributed by atoms with van der Waals surface area (Å²) < 4.78 is 16.1. The molecule has 3 rings (SSSR count). The Labute approximate surface area is 112 Å². The second-order valence-electron chi connectivity index (χ2n) is 4.96. The summed E-state index contributed by atoms with van der Waals surface area (Å²) in [5, 5.41) is 3.38. The first-order valence-electron chi connectivity index (χ1n) is 6.83. The summed E-state index contributed by atoms with van der Waals surface area (Å²) in [6, 6.07) is 5.80. The maximum absolute atomic E-state index is 14.1. The lowest BCUT2D eigenvalue weighted by Gasteiger charge is -2.14. The fourth-order valence-corrected chi connectivity index (χ4v) is 2.30. The molecule has 1 N–H and O–H groups in total. The van der Waals surface area contributed by atoms with E-state index < -0.39 is 0 Å². The summed E-state index contributed by atoms with van der Waals surface area (Å²) in [4.78, 5) is 4.31. The highest BCUT2D eigenvalue weighted by molar-refractivity contribution is 5.43. The molecule has 0 unspecified atom stereocenters. The number of halogens is 1. The summed E-state index contributed by atoms with van der Waals surface area (Å²) >= 11 is 0. The molecule has 1 aromatic heterocycles. The third kappa shape index (κ3) is 2.54. The largest absolute Gasteiger partial charge is 0.310 e. The van der Waals surface area contributed by atoms with Crippen LogP contribution >= 0.6 is 0 Å². The van der Waals surface area contributed by atoms with Crippen LogP contribution in [0.2, 0.25) is 0 Å². The molecule has 3 nitrogen and oxygen atoms in total. The minimum atomic E-state index is -0.151. The van der Waals surface area contributed by atoms with Gasteiger partial charge in [0.05, 0.1) is 5.69 Å². The first kappa shape index (κ1) is 12.4. The van der Waals surface area contributed by atoms with E-state index in [1.807, 2.05) is 16.8 Å². The number of aromatic nitrogens is 2. The quantitative estimate of drug-likeness (QED) is 0.894. The summed E-state index contributed by atoms with van der Waals surface area (Å²) in [5.41, 5.74) is 1.62. The van der Waals surface area contributed by atoms with Crippen molar-refractivity contribution in [1.82, 2.24) is 14.9 Å². The summed E-state index contributed by atoms with van der Waals surface area (Å²) in [6.45, 7) is 2.63. The smallest absolute Gasteiger partial charge is 0.129 e. The van der Waals surface area contributed by atoms with Gasteiger partial charge in [0.15, 0.2) is 0 Å². The number of nitrogens with zero attached hydrogens (tertiary/aromatic N) is 2. The van der Waals surface area contributed by atoms with Crippen molar-refractivity contribution in [1.29, 1.82) is 0 Å². The van der Waals surface area contributed by atoms with E-state index in [0.29, 0.717) is 12.6 Å². The minimum Gasteiger partial charge on any atom is -0.310 e. The van der Waals surface area contributed by atoms with Gasteiger partial charge in [0.2, 0.25) is 0 Å². The molecule has 1 saturated carbocycles. The molecule has 0 aliphatic heterocycles. The Morgan fingerprint density at radius 1 is 1.42 bits per heavy atom. The van der Waals surface area contributed by atoms with Gasteiger partial charge in [-0.2, -0.15) is 0 Å². The molecule has 0 amide bonds. The average molecular weight is 259 g/mol. The van der Waals surface area contributed by atoms with Crippen molar-refractivity contribution in [2.24, 2.45) is 0 Å². The Kier molecular flexibility index (Phi) is 3.34. The molecule has 1 aliphatic carbocycles. The molecule has 1 aromatic carbocycles. The van der Waals surface area contributed by atoms with Crippen LogP contribution in [0.1, 0.15) is 31.2 Å². The van der Waals surface area contributed by atoms with Gasteiger partial charge in [-0.3, -0.25) is 0 Å². The van der Waals surface area contributed by atoms with Gasteiger partial charge in [-0.1, -0.05) is 13.0 Å². The van der Waals surface area contributed by atoms with Crippen molar-refractivity contribution in [2.45, 2.75) is 38.8 Å². The maximum atomic E-state index is 14.1. The zero-order chi connectivity index (χ0) is 13.2. The van der Waals surface area contributed by atoms with Gasteiger partial charge in [-0.05, 0) is 25.0 Å². The lowest BCUT2D eigenvalue weighted by Crippen LogP contribution is -2.18. The van der Waals surface area contributed by atoms with Gasteiger partial charge >= 0.3 is 0 Å². The zero-order valence-corrected chi connectivity index (χ0v) is 11.1. The number of nitrogens with one attached hydrogen (secondary N) is 1. The number of benzene rings is 1. The molecule has 0 spiro atoms. The monoisotopic (exact) mass is 259 g/mol. The Morgan fingerprint density at radius 3 is 3.00 bits per heavy atom. The van der Waals surface area contributed by atoms with Gasteiger partial charge in [-0.15, -0.1) is 0 Å². The van der Waals surface area contributed by atoms with Crippen molar-refractivity contribution >= 4 is 0 Å². The van der Waals surface area contributed by atoms with Crippen molar-refractivity contribution in [3.05, 3.63) is 47.8 Å². The van der Waals surface area contributed by atoms with Crippen LogP contribution in [-0.4, -0.2) is 15.6 Å². The Bertz CT molecular complexity index is 573. The van der Waals surface area contributed by atoms with Crippen LogP contribution in [0.3, 0.4) is 0 Å². The van der Waals surface area contributed by atoms with Crippen molar-refractivity contribution in [2.75, 3.05) is 0 Å². The number of hydrogen-bond acceptors (Lipinski definition) is 2. The van der Waals surface area contributed by atoms with Crippen LogP contribution in [-0.2, 0) is 13.0 Å². The Morgan fingerprint density at radius 2 is 2.26 bits per heavy atom.